The molecule has 0 spiro atoms. The van der Waals surface area contributed by atoms with Gasteiger partial charge in [-0.1, -0.05) is 0 Å². The highest BCUT2D eigenvalue weighted by atomic mass is 32.1. The molecule has 1 aliphatic rings. The van der Waals surface area contributed by atoms with Crippen molar-refractivity contribution < 1.29 is 74.5 Å². The van der Waals surface area contributed by atoms with Crippen molar-refractivity contribution in [3.05, 3.63) is 27.4 Å². The SMILES string of the molecule is O=c1ccn([C@@H]2O[C@H](COP(=O)(O)OP(=O)(O)OP(=O)(O)O)[C@H](O)C2(O)C(F)(F)F)c(=S)[nH]1. The molecule has 33 heavy (non-hydrogen) atoms. The summed E-state index contributed by atoms with van der Waals surface area (Å²) in [6.07, 6.45) is -12.6. The number of nitrogens with zero attached hydrogens (tertiary/aromatic N) is 1. The molecule has 2 heterocycles. The lowest BCUT2D eigenvalue weighted by Gasteiger charge is -2.33. The van der Waals surface area contributed by atoms with Crippen LogP contribution >= 0.6 is 35.7 Å². The van der Waals surface area contributed by atoms with Crippen LogP contribution in [0.25, 0.3) is 0 Å². The zero-order valence-corrected chi connectivity index (χ0v) is 18.9. The number of aliphatic hydroxyl groups is 2. The highest BCUT2D eigenvalue weighted by molar-refractivity contribution is 7.71. The minimum absolute atomic E-state index is 0.415. The van der Waals surface area contributed by atoms with E-state index in [4.69, 9.17) is 31.6 Å². The van der Waals surface area contributed by atoms with Crippen LogP contribution in [0.3, 0.4) is 0 Å². The first-order chi connectivity index (χ1) is 14.7. The van der Waals surface area contributed by atoms with Gasteiger partial charge in [0, 0.05) is 12.3 Å². The molecule has 1 fully saturated rings. The van der Waals surface area contributed by atoms with Crippen molar-refractivity contribution in [2.75, 3.05) is 6.61 Å². The number of rotatable bonds is 8. The lowest BCUT2D eigenvalue weighted by atomic mass is 9.93. The Morgan fingerprint density at radius 2 is 1.76 bits per heavy atom. The van der Waals surface area contributed by atoms with Crippen LogP contribution in [0, 0.1) is 4.77 Å². The zero-order chi connectivity index (χ0) is 25.6. The van der Waals surface area contributed by atoms with Gasteiger partial charge in [0.15, 0.2) is 11.0 Å². The number of phosphoric acid groups is 3. The van der Waals surface area contributed by atoms with E-state index in [-0.39, 0.29) is 0 Å². The minimum atomic E-state index is -5.92. The van der Waals surface area contributed by atoms with Gasteiger partial charge in [0.05, 0.1) is 6.61 Å². The fourth-order valence-electron chi connectivity index (χ4n) is 2.57. The minimum Gasteiger partial charge on any atom is -0.387 e. The van der Waals surface area contributed by atoms with Crippen molar-refractivity contribution in [1.82, 2.24) is 9.55 Å². The summed E-state index contributed by atoms with van der Waals surface area (Å²) in [6, 6.07) is 0.710. The van der Waals surface area contributed by atoms with E-state index < -0.39 is 70.6 Å². The first-order valence-corrected chi connectivity index (χ1v) is 12.8. The third kappa shape index (κ3) is 6.65. The number of aromatic amines is 1. The van der Waals surface area contributed by atoms with Crippen LogP contribution in [0.2, 0.25) is 0 Å². The van der Waals surface area contributed by atoms with Gasteiger partial charge in [0.2, 0.25) is 5.60 Å². The van der Waals surface area contributed by atoms with E-state index >= 15 is 0 Å². The Bertz CT molecular complexity index is 1150. The van der Waals surface area contributed by atoms with Gasteiger partial charge in [-0.15, -0.1) is 0 Å². The number of ether oxygens (including phenoxy) is 1. The average Bonchev–Trinajstić information content (AvgIpc) is 2.82. The Balaban J connectivity index is 2.29. The van der Waals surface area contributed by atoms with Gasteiger partial charge >= 0.3 is 29.6 Å². The van der Waals surface area contributed by atoms with Crippen LogP contribution in [-0.4, -0.2) is 69.9 Å². The molecular formula is C10H14F3N2O14P3S. The van der Waals surface area contributed by atoms with E-state index in [1.165, 1.54) is 0 Å². The van der Waals surface area contributed by atoms with Gasteiger partial charge in [0.25, 0.3) is 5.56 Å². The molecule has 0 saturated carbocycles. The van der Waals surface area contributed by atoms with E-state index in [0.29, 0.717) is 16.8 Å². The van der Waals surface area contributed by atoms with E-state index in [2.05, 4.69) is 13.1 Å². The summed E-state index contributed by atoms with van der Waals surface area (Å²) in [4.78, 5) is 48.5. The molecular weight excluding hydrogens is 554 g/mol. The maximum atomic E-state index is 13.6. The molecule has 1 saturated heterocycles. The topological polar surface area (TPSA) is 247 Å². The third-order valence-corrected chi connectivity index (χ3v) is 7.97. The lowest BCUT2D eigenvalue weighted by molar-refractivity contribution is -0.304. The number of hydrogen-bond donors (Lipinski definition) is 7. The van der Waals surface area contributed by atoms with E-state index in [0.717, 1.165) is 0 Å². The maximum Gasteiger partial charge on any atom is 0.490 e. The first kappa shape index (κ1) is 28.4. The molecule has 0 radical (unpaired) electrons. The van der Waals surface area contributed by atoms with Crippen LogP contribution in [-0.2, 0) is 31.6 Å². The molecule has 7 N–H and O–H groups in total. The van der Waals surface area contributed by atoms with Gasteiger partial charge in [-0.05, 0) is 12.2 Å². The van der Waals surface area contributed by atoms with Crippen LogP contribution in [0.1, 0.15) is 6.23 Å². The quantitative estimate of drug-likeness (QED) is 0.159. The largest absolute Gasteiger partial charge is 0.490 e. The third-order valence-electron chi connectivity index (χ3n) is 3.86. The second-order valence-corrected chi connectivity index (χ2v) is 11.0. The summed E-state index contributed by atoms with van der Waals surface area (Å²) < 4.78 is 90.1. The summed E-state index contributed by atoms with van der Waals surface area (Å²) >= 11 is 4.70. The molecule has 6 atom stereocenters. The van der Waals surface area contributed by atoms with Crippen molar-refractivity contribution in [1.29, 1.82) is 0 Å². The van der Waals surface area contributed by atoms with Crippen molar-refractivity contribution in [2.45, 2.75) is 30.2 Å². The molecule has 16 nitrogen and oxygen atoms in total. The smallest absolute Gasteiger partial charge is 0.387 e. The molecule has 190 valence electrons. The number of hydrogen-bond acceptors (Lipinski definition) is 11. The van der Waals surface area contributed by atoms with Gasteiger partial charge in [-0.2, -0.15) is 21.8 Å². The molecule has 1 aromatic rings. The average molecular weight is 568 g/mol. The Labute approximate surface area is 184 Å². The van der Waals surface area contributed by atoms with Crippen LogP contribution in [0.4, 0.5) is 13.2 Å². The number of alkyl halides is 3. The number of aromatic nitrogens is 2. The monoisotopic (exact) mass is 568 g/mol. The molecule has 1 aliphatic heterocycles. The predicted molar refractivity (Wildman–Crippen MR) is 96.6 cm³/mol. The summed E-state index contributed by atoms with van der Waals surface area (Å²) in [5, 5.41) is 20.3. The number of aliphatic hydroxyl groups excluding tert-OH is 1. The highest BCUT2D eigenvalue weighted by Gasteiger charge is 2.71. The summed E-state index contributed by atoms with van der Waals surface area (Å²) in [7, 11) is -17.4. The lowest BCUT2D eigenvalue weighted by Crippen LogP contribution is -2.57. The van der Waals surface area contributed by atoms with Crippen LogP contribution < -0.4 is 5.56 Å². The molecule has 0 aliphatic carbocycles. The highest BCUT2D eigenvalue weighted by Crippen LogP contribution is 2.66. The molecule has 0 aromatic carbocycles. The summed E-state index contributed by atoms with van der Waals surface area (Å²) in [5.41, 5.74) is -4.93. The van der Waals surface area contributed by atoms with Crippen molar-refractivity contribution in [3.8, 4) is 0 Å². The number of H-pyrrole nitrogens is 1. The van der Waals surface area contributed by atoms with Crippen molar-refractivity contribution in [2.24, 2.45) is 0 Å². The fourth-order valence-corrected chi connectivity index (χ4v) is 5.86. The van der Waals surface area contributed by atoms with Crippen LogP contribution in [0.15, 0.2) is 17.1 Å². The molecule has 0 bridgehead atoms. The van der Waals surface area contributed by atoms with E-state index in [1.54, 1.807) is 0 Å². The maximum absolute atomic E-state index is 13.6. The van der Waals surface area contributed by atoms with E-state index in [1.807, 2.05) is 4.98 Å². The van der Waals surface area contributed by atoms with Gasteiger partial charge in [0.1, 0.15) is 12.2 Å². The normalized spacial score (nSPS) is 30.0. The first-order valence-electron chi connectivity index (χ1n) is 7.91. The number of nitrogens with one attached hydrogen (secondary N) is 1. The van der Waals surface area contributed by atoms with Crippen molar-refractivity contribution in [3.63, 3.8) is 0 Å². The number of halogens is 3. The standard InChI is InChI=1S/C10H14F3N2O14P3S/c11-10(12,13)9(18)6(17)4(27-7(9)15-2-1-5(16)14-8(15)33)3-26-31(22,23)29-32(24,25)28-30(19,20)21/h1-2,4,6-7,17-18H,3H2,(H,22,23)(H,24,25)(H,14,16,33)(H2,19,20,21)/t4-,6+,7-,9?/m1/s1. The van der Waals surface area contributed by atoms with Gasteiger partial charge in [-0.25, -0.2) is 13.7 Å². The van der Waals surface area contributed by atoms with E-state index in [9.17, 15) is 46.8 Å². The Morgan fingerprint density at radius 1 is 1.18 bits per heavy atom. The molecule has 0 amide bonds. The van der Waals surface area contributed by atoms with Gasteiger partial charge in [-0.3, -0.25) is 18.9 Å². The zero-order valence-electron chi connectivity index (χ0n) is 15.4. The molecule has 3 unspecified atom stereocenters. The number of phosphoric ester groups is 1. The Hall–Kier alpha value is -0.820. The predicted octanol–water partition coefficient (Wildman–Crippen LogP) is -0.199. The Kier molecular flexibility index (Phi) is 8.03. The molecule has 2 rings (SSSR count). The second kappa shape index (κ2) is 9.33. The second-order valence-electron chi connectivity index (χ2n) is 6.20. The van der Waals surface area contributed by atoms with Gasteiger partial charge < -0.3 is 34.5 Å². The summed E-state index contributed by atoms with van der Waals surface area (Å²) in [5.74, 6) is 0. The summed E-state index contributed by atoms with van der Waals surface area (Å²) in [6.45, 7) is -1.50. The van der Waals surface area contributed by atoms with Crippen LogP contribution in [0.5, 0.6) is 0 Å². The molecule has 1 aromatic heterocycles. The molecule has 23 heteroatoms. The van der Waals surface area contributed by atoms with Crippen molar-refractivity contribution >= 4 is 35.7 Å². The fraction of sp³-hybridized carbons (Fsp3) is 0.600. The Morgan fingerprint density at radius 3 is 2.24 bits per heavy atom.